The lowest BCUT2D eigenvalue weighted by Crippen LogP contribution is -2.08. The molecule has 0 atom stereocenters. The third-order valence-corrected chi connectivity index (χ3v) is 3.65. The first-order valence-corrected chi connectivity index (χ1v) is 6.53. The molecule has 0 unspecified atom stereocenters. The molecule has 0 saturated heterocycles. The van der Waals surface area contributed by atoms with Crippen molar-refractivity contribution in [1.82, 2.24) is 0 Å². The van der Waals surface area contributed by atoms with Crippen LogP contribution >= 0.6 is 0 Å². The number of methoxy groups -OCH3 is 1. The van der Waals surface area contributed by atoms with E-state index in [4.69, 9.17) is 4.74 Å². The van der Waals surface area contributed by atoms with Gasteiger partial charge in [-0.25, -0.2) is 9.59 Å². The fourth-order valence-electron chi connectivity index (χ4n) is 2.65. The Kier molecular flexibility index (Phi) is 3.18. The molecule has 110 valence electrons. The van der Waals surface area contributed by atoms with Gasteiger partial charge in [0.05, 0.1) is 18.2 Å². The molecular formula is C17H12O5. The minimum atomic E-state index is -1.27. The lowest BCUT2D eigenvalue weighted by atomic mass is 9.94. The smallest absolute Gasteiger partial charge is 0.337 e. The van der Waals surface area contributed by atoms with Crippen LogP contribution in [0, 0.1) is 0 Å². The summed E-state index contributed by atoms with van der Waals surface area (Å²) in [6.07, 6.45) is 0. The molecule has 0 aliphatic heterocycles. The number of ether oxygens (including phenoxy) is 1. The number of hydrogen-bond acceptors (Lipinski definition) is 3. The molecule has 3 rings (SSSR count). The second-order valence-corrected chi connectivity index (χ2v) is 4.85. The van der Waals surface area contributed by atoms with Gasteiger partial charge in [-0.05, 0) is 34.4 Å². The number of carboxylic acids is 2. The van der Waals surface area contributed by atoms with Crippen molar-refractivity contribution in [3.8, 4) is 5.75 Å². The number of rotatable bonds is 3. The Morgan fingerprint density at radius 3 is 2.18 bits per heavy atom. The van der Waals surface area contributed by atoms with Gasteiger partial charge in [-0.1, -0.05) is 24.3 Å². The van der Waals surface area contributed by atoms with E-state index in [0.717, 1.165) is 5.39 Å². The summed E-state index contributed by atoms with van der Waals surface area (Å²) in [6, 6.07) is 11.9. The minimum Gasteiger partial charge on any atom is -0.497 e. The average Bonchev–Trinajstić information content (AvgIpc) is 2.52. The first-order chi connectivity index (χ1) is 10.5. The SMILES string of the molecule is COc1ccc2ccc3ccc(C(=O)O)c(C(=O)O)c3c2c1. The Morgan fingerprint density at radius 2 is 1.55 bits per heavy atom. The van der Waals surface area contributed by atoms with Gasteiger partial charge in [0.25, 0.3) is 0 Å². The van der Waals surface area contributed by atoms with Gasteiger partial charge < -0.3 is 14.9 Å². The summed E-state index contributed by atoms with van der Waals surface area (Å²) in [4.78, 5) is 23.0. The van der Waals surface area contributed by atoms with Crippen LogP contribution in [0.3, 0.4) is 0 Å². The molecule has 22 heavy (non-hydrogen) atoms. The Labute approximate surface area is 125 Å². The van der Waals surface area contributed by atoms with Gasteiger partial charge in [-0.2, -0.15) is 0 Å². The predicted octanol–water partition coefficient (Wildman–Crippen LogP) is 3.40. The van der Waals surface area contributed by atoms with Crippen molar-refractivity contribution in [2.75, 3.05) is 7.11 Å². The maximum absolute atomic E-state index is 11.6. The molecule has 2 N–H and O–H groups in total. The third kappa shape index (κ3) is 2.03. The largest absolute Gasteiger partial charge is 0.497 e. The summed E-state index contributed by atoms with van der Waals surface area (Å²) in [6.45, 7) is 0. The van der Waals surface area contributed by atoms with Gasteiger partial charge in [0.2, 0.25) is 0 Å². The van der Waals surface area contributed by atoms with Gasteiger partial charge in [0, 0.05) is 5.39 Å². The Bertz CT molecular complexity index is 927. The van der Waals surface area contributed by atoms with Crippen molar-refractivity contribution in [1.29, 1.82) is 0 Å². The van der Waals surface area contributed by atoms with Crippen LogP contribution in [0.2, 0.25) is 0 Å². The van der Waals surface area contributed by atoms with E-state index in [1.807, 2.05) is 12.1 Å². The van der Waals surface area contributed by atoms with Crippen LogP contribution < -0.4 is 4.74 Å². The highest BCUT2D eigenvalue weighted by molar-refractivity contribution is 6.20. The van der Waals surface area contributed by atoms with Crippen LogP contribution in [0.15, 0.2) is 42.5 Å². The van der Waals surface area contributed by atoms with E-state index in [2.05, 4.69) is 0 Å². The summed E-state index contributed by atoms with van der Waals surface area (Å²) < 4.78 is 5.19. The summed E-state index contributed by atoms with van der Waals surface area (Å²) in [5, 5.41) is 21.3. The number of fused-ring (bicyclic) bond motifs is 3. The molecule has 0 fully saturated rings. The zero-order chi connectivity index (χ0) is 15.9. The monoisotopic (exact) mass is 296 g/mol. The second-order valence-electron chi connectivity index (χ2n) is 4.85. The number of aromatic carboxylic acids is 2. The molecular weight excluding hydrogens is 284 g/mol. The molecule has 3 aromatic rings. The molecule has 0 saturated carbocycles. The fraction of sp³-hybridized carbons (Fsp3) is 0.0588. The molecule has 0 aliphatic carbocycles. The number of carboxylic acid groups (broad SMARTS) is 2. The average molecular weight is 296 g/mol. The Hall–Kier alpha value is -3.08. The molecule has 5 nitrogen and oxygen atoms in total. The van der Waals surface area contributed by atoms with Crippen LogP contribution in [-0.4, -0.2) is 29.3 Å². The summed E-state index contributed by atoms with van der Waals surface area (Å²) >= 11 is 0. The molecule has 0 aliphatic rings. The van der Waals surface area contributed by atoms with Crippen LogP contribution in [0.25, 0.3) is 21.5 Å². The summed E-state index contributed by atoms with van der Waals surface area (Å²) in [5.41, 5.74) is -0.431. The first kappa shape index (κ1) is 13.9. The van der Waals surface area contributed by atoms with E-state index in [-0.39, 0.29) is 11.1 Å². The zero-order valence-electron chi connectivity index (χ0n) is 11.7. The zero-order valence-corrected chi connectivity index (χ0v) is 11.7. The molecule has 3 aromatic carbocycles. The van der Waals surface area contributed by atoms with E-state index in [1.54, 1.807) is 24.3 Å². The summed E-state index contributed by atoms with van der Waals surface area (Å²) in [7, 11) is 1.52. The van der Waals surface area contributed by atoms with Gasteiger partial charge >= 0.3 is 11.9 Å². The van der Waals surface area contributed by atoms with Gasteiger partial charge in [0.1, 0.15) is 5.75 Å². The molecule has 5 heteroatoms. The standard InChI is InChI=1S/C17H12O5/c1-22-11-6-4-9-2-3-10-5-7-12(16(18)19)15(17(20)21)14(10)13(9)8-11/h2-8H,1H3,(H,18,19)(H,20,21). The summed E-state index contributed by atoms with van der Waals surface area (Å²) in [5.74, 6) is -1.95. The topological polar surface area (TPSA) is 83.8 Å². The van der Waals surface area contributed by atoms with E-state index >= 15 is 0 Å². The third-order valence-electron chi connectivity index (χ3n) is 3.65. The van der Waals surface area contributed by atoms with Crippen LogP contribution in [-0.2, 0) is 0 Å². The van der Waals surface area contributed by atoms with Crippen molar-refractivity contribution in [2.45, 2.75) is 0 Å². The minimum absolute atomic E-state index is 0.205. The van der Waals surface area contributed by atoms with Gasteiger partial charge in [-0.3, -0.25) is 0 Å². The highest BCUT2D eigenvalue weighted by Crippen LogP contribution is 2.32. The van der Waals surface area contributed by atoms with Gasteiger partial charge in [-0.15, -0.1) is 0 Å². The van der Waals surface area contributed by atoms with E-state index in [0.29, 0.717) is 21.9 Å². The molecule has 0 amide bonds. The van der Waals surface area contributed by atoms with Crippen molar-refractivity contribution in [3.63, 3.8) is 0 Å². The molecule has 0 heterocycles. The number of carbonyl (C=O) groups is 2. The Balaban J connectivity index is 2.56. The van der Waals surface area contributed by atoms with Crippen LogP contribution in [0.5, 0.6) is 5.75 Å². The number of benzene rings is 3. The highest BCUT2D eigenvalue weighted by Gasteiger charge is 2.20. The van der Waals surface area contributed by atoms with Crippen LogP contribution in [0.1, 0.15) is 20.7 Å². The van der Waals surface area contributed by atoms with Crippen molar-refractivity contribution < 1.29 is 24.5 Å². The molecule has 0 bridgehead atoms. The van der Waals surface area contributed by atoms with E-state index in [1.165, 1.54) is 13.2 Å². The molecule has 0 spiro atoms. The molecule has 0 aromatic heterocycles. The highest BCUT2D eigenvalue weighted by atomic mass is 16.5. The van der Waals surface area contributed by atoms with Crippen molar-refractivity contribution >= 4 is 33.5 Å². The molecule has 0 radical (unpaired) electrons. The lowest BCUT2D eigenvalue weighted by molar-refractivity contribution is 0.0653. The maximum Gasteiger partial charge on any atom is 0.337 e. The number of hydrogen-bond donors (Lipinski definition) is 2. The first-order valence-electron chi connectivity index (χ1n) is 6.53. The van der Waals surface area contributed by atoms with Gasteiger partial charge in [0.15, 0.2) is 0 Å². The van der Waals surface area contributed by atoms with E-state index < -0.39 is 11.9 Å². The Morgan fingerprint density at radius 1 is 0.909 bits per heavy atom. The predicted molar refractivity (Wildman–Crippen MR) is 81.9 cm³/mol. The van der Waals surface area contributed by atoms with Crippen molar-refractivity contribution in [2.24, 2.45) is 0 Å². The lowest BCUT2D eigenvalue weighted by Gasteiger charge is -2.11. The maximum atomic E-state index is 11.6. The second kappa shape index (κ2) is 5.04. The van der Waals surface area contributed by atoms with Crippen LogP contribution in [0.4, 0.5) is 0 Å². The quantitative estimate of drug-likeness (QED) is 0.724. The normalized spacial score (nSPS) is 10.8. The fourth-order valence-corrected chi connectivity index (χ4v) is 2.65. The van der Waals surface area contributed by atoms with Crippen molar-refractivity contribution in [3.05, 3.63) is 53.6 Å². The van der Waals surface area contributed by atoms with E-state index in [9.17, 15) is 19.8 Å².